The summed E-state index contributed by atoms with van der Waals surface area (Å²) in [5.74, 6) is 0. The van der Waals surface area contributed by atoms with Gasteiger partial charge in [0.05, 0.1) is 0 Å². The van der Waals surface area contributed by atoms with E-state index in [9.17, 15) is 0 Å². The van der Waals surface area contributed by atoms with Gasteiger partial charge in [-0.2, -0.15) is 0 Å². The molecule has 1 heteroatoms. The van der Waals surface area contributed by atoms with Gasteiger partial charge >= 0.3 is 0 Å². The maximum Gasteiger partial charge on any atom is -0.0169 e. The van der Waals surface area contributed by atoms with Crippen LogP contribution in [0.4, 0.5) is 0 Å². The van der Waals surface area contributed by atoms with Crippen LogP contribution < -0.4 is 5.30 Å². The standard InChI is InChI=1S/C18H29P/c1-4-5-14-19(17-11-7-6-8-12-17)18-13-9-10-15(2)16(18)3/h9-10,13,17H,4-8,11-12,14H2,1-3H3. The number of unbranched alkanes of at least 4 members (excludes halogenated alkanes) is 1. The van der Waals surface area contributed by atoms with Crippen LogP contribution in [0.5, 0.6) is 0 Å². The van der Waals surface area contributed by atoms with Gasteiger partial charge in [0.1, 0.15) is 0 Å². The van der Waals surface area contributed by atoms with E-state index in [1.54, 1.807) is 10.9 Å². The fourth-order valence-corrected chi connectivity index (χ4v) is 6.80. The largest absolute Gasteiger partial charge is 0.0718 e. The first-order valence-electron chi connectivity index (χ1n) is 8.07. The second kappa shape index (κ2) is 7.44. The van der Waals surface area contributed by atoms with E-state index in [0.29, 0.717) is 0 Å². The van der Waals surface area contributed by atoms with Crippen molar-refractivity contribution in [1.82, 2.24) is 0 Å². The van der Waals surface area contributed by atoms with Gasteiger partial charge in [0.2, 0.25) is 0 Å². The SMILES string of the molecule is CCCCP(c1cccc(C)c1C)C1CCCCC1. The van der Waals surface area contributed by atoms with Crippen molar-refractivity contribution in [2.75, 3.05) is 6.16 Å². The highest BCUT2D eigenvalue weighted by molar-refractivity contribution is 7.66. The highest BCUT2D eigenvalue weighted by Gasteiger charge is 2.25. The van der Waals surface area contributed by atoms with Crippen molar-refractivity contribution in [3.05, 3.63) is 29.3 Å². The van der Waals surface area contributed by atoms with Crippen molar-refractivity contribution < 1.29 is 0 Å². The molecule has 2 rings (SSSR count). The molecule has 0 bridgehead atoms. The summed E-state index contributed by atoms with van der Waals surface area (Å²) in [7, 11) is 0.0831. The van der Waals surface area contributed by atoms with Crippen molar-refractivity contribution in [2.24, 2.45) is 0 Å². The van der Waals surface area contributed by atoms with E-state index in [4.69, 9.17) is 0 Å². The van der Waals surface area contributed by atoms with E-state index in [0.717, 1.165) is 5.66 Å². The molecule has 19 heavy (non-hydrogen) atoms. The first-order chi connectivity index (χ1) is 9.24. The number of hydrogen-bond acceptors (Lipinski definition) is 0. The predicted octanol–water partition coefficient (Wildman–Crippen LogP) is 5.54. The third kappa shape index (κ3) is 3.82. The average molecular weight is 276 g/mol. The summed E-state index contributed by atoms with van der Waals surface area (Å²) in [5, 5.41) is 1.72. The lowest BCUT2D eigenvalue weighted by molar-refractivity contribution is 0.511. The Balaban J connectivity index is 2.22. The molecule has 1 atom stereocenters. The summed E-state index contributed by atoms with van der Waals surface area (Å²) >= 11 is 0. The molecule has 0 heterocycles. The van der Waals surface area contributed by atoms with Crippen LogP contribution in [0.25, 0.3) is 0 Å². The molecule has 1 fully saturated rings. The van der Waals surface area contributed by atoms with Gasteiger partial charge in [-0.05, 0) is 61.4 Å². The second-order valence-corrected chi connectivity index (χ2v) is 8.66. The highest BCUT2D eigenvalue weighted by atomic mass is 31.1. The second-order valence-electron chi connectivity index (χ2n) is 6.06. The zero-order valence-electron chi connectivity index (χ0n) is 12.9. The molecular formula is C18H29P. The molecule has 1 aromatic rings. The van der Waals surface area contributed by atoms with Crippen LogP contribution in [0.1, 0.15) is 63.0 Å². The minimum atomic E-state index is 0.0831. The molecule has 1 aliphatic rings. The minimum Gasteiger partial charge on any atom is -0.0718 e. The predicted molar refractivity (Wildman–Crippen MR) is 89.1 cm³/mol. The molecule has 0 N–H and O–H groups in total. The molecule has 0 radical (unpaired) electrons. The summed E-state index contributed by atoms with van der Waals surface area (Å²) in [6.45, 7) is 6.94. The van der Waals surface area contributed by atoms with Gasteiger partial charge in [0.15, 0.2) is 0 Å². The van der Waals surface area contributed by atoms with E-state index in [1.807, 2.05) is 0 Å². The fourth-order valence-electron chi connectivity index (χ4n) is 3.27. The van der Waals surface area contributed by atoms with Gasteiger partial charge in [-0.25, -0.2) is 0 Å². The first-order valence-corrected chi connectivity index (χ1v) is 9.66. The van der Waals surface area contributed by atoms with Crippen LogP contribution in [-0.4, -0.2) is 11.8 Å². The van der Waals surface area contributed by atoms with E-state index in [1.165, 1.54) is 56.7 Å². The van der Waals surface area contributed by atoms with Crippen LogP contribution in [-0.2, 0) is 0 Å². The zero-order chi connectivity index (χ0) is 13.7. The molecule has 1 unspecified atom stereocenters. The molecule has 0 spiro atoms. The van der Waals surface area contributed by atoms with Gasteiger partial charge in [-0.1, -0.05) is 58.7 Å². The molecule has 0 aliphatic heterocycles. The van der Waals surface area contributed by atoms with Crippen molar-refractivity contribution >= 4 is 13.2 Å². The lowest BCUT2D eigenvalue weighted by Gasteiger charge is -2.32. The lowest BCUT2D eigenvalue weighted by atomic mass is 10.0. The van der Waals surface area contributed by atoms with Crippen LogP contribution in [0.3, 0.4) is 0 Å². The Labute approximate surface area is 120 Å². The maximum atomic E-state index is 2.43. The van der Waals surface area contributed by atoms with Crippen LogP contribution in [0.2, 0.25) is 0 Å². The summed E-state index contributed by atoms with van der Waals surface area (Å²) in [5.41, 5.74) is 4.07. The lowest BCUT2D eigenvalue weighted by Crippen LogP contribution is -2.21. The fraction of sp³-hybridized carbons (Fsp3) is 0.667. The number of rotatable bonds is 5. The smallest absolute Gasteiger partial charge is 0.0169 e. The Hall–Kier alpha value is -0.350. The van der Waals surface area contributed by atoms with Gasteiger partial charge < -0.3 is 0 Å². The van der Waals surface area contributed by atoms with Gasteiger partial charge in [0, 0.05) is 0 Å². The Bertz CT molecular complexity index is 391. The zero-order valence-corrected chi connectivity index (χ0v) is 13.8. The van der Waals surface area contributed by atoms with E-state index in [-0.39, 0.29) is 7.92 Å². The molecule has 1 aliphatic carbocycles. The molecule has 0 amide bonds. The van der Waals surface area contributed by atoms with Gasteiger partial charge in [-0.15, -0.1) is 0 Å². The molecule has 1 aromatic carbocycles. The van der Waals surface area contributed by atoms with Gasteiger partial charge in [-0.3, -0.25) is 0 Å². The average Bonchev–Trinajstić information content (AvgIpc) is 2.45. The van der Waals surface area contributed by atoms with Crippen LogP contribution >= 0.6 is 7.92 Å². The normalized spacial score (nSPS) is 18.5. The van der Waals surface area contributed by atoms with Crippen LogP contribution in [0, 0.1) is 13.8 Å². The van der Waals surface area contributed by atoms with Crippen molar-refractivity contribution in [2.45, 2.75) is 71.4 Å². The molecule has 0 nitrogen and oxygen atoms in total. The summed E-state index contributed by atoms with van der Waals surface area (Å²) in [4.78, 5) is 0. The van der Waals surface area contributed by atoms with Crippen LogP contribution in [0.15, 0.2) is 18.2 Å². The monoisotopic (exact) mass is 276 g/mol. The number of aryl methyl sites for hydroxylation is 1. The van der Waals surface area contributed by atoms with Crippen molar-refractivity contribution in [3.8, 4) is 0 Å². The Morgan fingerprint density at radius 1 is 1.11 bits per heavy atom. The molecule has 1 saturated carbocycles. The van der Waals surface area contributed by atoms with E-state index in [2.05, 4.69) is 39.0 Å². The topological polar surface area (TPSA) is 0 Å². The first kappa shape index (κ1) is 15.0. The molecular weight excluding hydrogens is 247 g/mol. The van der Waals surface area contributed by atoms with Crippen molar-refractivity contribution in [3.63, 3.8) is 0 Å². The summed E-state index contributed by atoms with van der Waals surface area (Å²) < 4.78 is 0. The van der Waals surface area contributed by atoms with E-state index >= 15 is 0 Å². The Morgan fingerprint density at radius 2 is 1.84 bits per heavy atom. The summed E-state index contributed by atoms with van der Waals surface area (Å²) in [6, 6.07) is 6.98. The third-order valence-electron chi connectivity index (χ3n) is 4.65. The van der Waals surface area contributed by atoms with E-state index < -0.39 is 0 Å². The Kier molecular flexibility index (Phi) is 5.89. The molecule has 106 valence electrons. The summed E-state index contributed by atoms with van der Waals surface area (Å²) in [6.07, 6.45) is 11.6. The highest BCUT2D eigenvalue weighted by Crippen LogP contribution is 2.48. The quantitative estimate of drug-likeness (QED) is 0.619. The maximum absolute atomic E-state index is 2.43. The van der Waals surface area contributed by atoms with Crippen molar-refractivity contribution in [1.29, 1.82) is 0 Å². The van der Waals surface area contributed by atoms with Gasteiger partial charge in [0.25, 0.3) is 0 Å². The molecule has 0 saturated heterocycles. The number of hydrogen-bond donors (Lipinski definition) is 0. The third-order valence-corrected chi connectivity index (χ3v) is 7.95. The Morgan fingerprint density at radius 3 is 2.53 bits per heavy atom. The minimum absolute atomic E-state index is 0.0831. The number of benzene rings is 1. The molecule has 0 aromatic heterocycles.